The number of rotatable bonds is 8. The molecule has 1 heterocycles. The predicted octanol–water partition coefficient (Wildman–Crippen LogP) is 3.82. The second-order valence-corrected chi connectivity index (χ2v) is 7.61. The van der Waals surface area contributed by atoms with E-state index in [9.17, 15) is 9.59 Å². The summed E-state index contributed by atoms with van der Waals surface area (Å²) in [6, 6.07) is 22.8. The van der Waals surface area contributed by atoms with Crippen molar-refractivity contribution in [2.45, 2.75) is 6.42 Å². The molecule has 1 aromatic heterocycles. The number of para-hydroxylation sites is 1. The Morgan fingerprint density at radius 2 is 1.64 bits per heavy atom. The Labute approximate surface area is 191 Å². The molecule has 0 radical (unpaired) electrons. The Hall–Kier alpha value is -4.23. The number of hydrogen-bond donors (Lipinski definition) is 4. The fourth-order valence-corrected chi connectivity index (χ4v) is 3.58. The average molecular weight is 440 g/mol. The van der Waals surface area contributed by atoms with Gasteiger partial charge in [0.15, 0.2) is 0 Å². The number of anilines is 2. The minimum atomic E-state index is -0.557. The molecule has 0 saturated heterocycles. The van der Waals surface area contributed by atoms with Crippen LogP contribution in [0, 0.1) is 0 Å². The van der Waals surface area contributed by atoms with Gasteiger partial charge in [-0.05, 0) is 60.5 Å². The number of carbonyl (C=O) groups is 2. The number of aromatic nitrogens is 1. The van der Waals surface area contributed by atoms with Crippen LogP contribution in [0.15, 0.2) is 79.0 Å². The van der Waals surface area contributed by atoms with Crippen molar-refractivity contribution in [1.82, 2.24) is 10.3 Å². The van der Waals surface area contributed by atoms with Crippen LogP contribution >= 0.6 is 0 Å². The summed E-state index contributed by atoms with van der Waals surface area (Å²) in [5.74, 6) is -0.684. The van der Waals surface area contributed by atoms with Crippen molar-refractivity contribution in [3.63, 3.8) is 0 Å². The van der Waals surface area contributed by atoms with E-state index in [0.29, 0.717) is 29.9 Å². The first kappa shape index (κ1) is 22.0. The quantitative estimate of drug-likeness (QED) is 0.311. The molecule has 6 N–H and O–H groups in total. The fourth-order valence-electron chi connectivity index (χ4n) is 3.58. The molecule has 33 heavy (non-hydrogen) atoms. The van der Waals surface area contributed by atoms with Crippen molar-refractivity contribution >= 4 is 34.1 Å². The number of fused-ring (bicyclic) bond motifs is 1. The SMILES string of the molecule is NCCCNC(=O)c1ccc(-c2ccc3ncc(C(N)=O)c(Nc4ccccc4)c3c2)cc1. The summed E-state index contributed by atoms with van der Waals surface area (Å²) in [5, 5.41) is 6.95. The molecule has 4 rings (SSSR count). The smallest absolute Gasteiger partial charge is 0.252 e. The van der Waals surface area contributed by atoms with E-state index in [1.54, 1.807) is 12.1 Å². The second kappa shape index (κ2) is 9.93. The number of amides is 2. The number of nitrogens with one attached hydrogen (secondary N) is 2. The van der Waals surface area contributed by atoms with Crippen LogP contribution in [-0.4, -0.2) is 29.9 Å². The fraction of sp³-hybridized carbons (Fsp3) is 0.115. The van der Waals surface area contributed by atoms with E-state index >= 15 is 0 Å². The van der Waals surface area contributed by atoms with Crippen molar-refractivity contribution in [1.29, 1.82) is 0 Å². The van der Waals surface area contributed by atoms with E-state index in [0.717, 1.165) is 34.1 Å². The highest BCUT2D eigenvalue weighted by molar-refractivity contribution is 6.08. The summed E-state index contributed by atoms with van der Waals surface area (Å²) >= 11 is 0. The number of nitrogens with two attached hydrogens (primary N) is 2. The van der Waals surface area contributed by atoms with E-state index in [4.69, 9.17) is 11.5 Å². The molecule has 7 heteroatoms. The first-order chi connectivity index (χ1) is 16.1. The maximum absolute atomic E-state index is 12.2. The van der Waals surface area contributed by atoms with Gasteiger partial charge in [0.05, 0.1) is 16.8 Å². The highest BCUT2D eigenvalue weighted by atomic mass is 16.2. The second-order valence-electron chi connectivity index (χ2n) is 7.61. The van der Waals surface area contributed by atoms with Crippen LogP contribution in [0.3, 0.4) is 0 Å². The maximum atomic E-state index is 12.2. The lowest BCUT2D eigenvalue weighted by atomic mass is 9.99. The Morgan fingerprint density at radius 1 is 0.909 bits per heavy atom. The lowest BCUT2D eigenvalue weighted by Gasteiger charge is -2.14. The van der Waals surface area contributed by atoms with Gasteiger partial charge in [-0.15, -0.1) is 0 Å². The zero-order chi connectivity index (χ0) is 23.2. The van der Waals surface area contributed by atoms with Gasteiger partial charge in [-0.2, -0.15) is 0 Å². The molecule has 2 amide bonds. The molecule has 7 nitrogen and oxygen atoms in total. The molecule has 0 saturated carbocycles. The number of benzene rings is 3. The van der Waals surface area contributed by atoms with Gasteiger partial charge in [-0.1, -0.05) is 36.4 Å². The third-order valence-electron chi connectivity index (χ3n) is 5.32. The Balaban J connectivity index is 1.70. The molecule has 0 aliphatic rings. The molecule has 0 fully saturated rings. The van der Waals surface area contributed by atoms with Gasteiger partial charge < -0.3 is 22.1 Å². The standard InChI is InChI=1S/C26H25N5O2/c27-13-4-14-29-26(33)18-9-7-17(8-10-18)19-11-12-23-21(15-19)24(22(16-30-23)25(28)32)31-20-5-2-1-3-6-20/h1-3,5-12,15-16H,4,13-14,27H2,(H2,28,32)(H,29,33)(H,30,31). The Bertz CT molecular complexity index is 1290. The Kier molecular flexibility index (Phi) is 6.61. The summed E-state index contributed by atoms with van der Waals surface area (Å²) in [4.78, 5) is 28.8. The zero-order valence-corrected chi connectivity index (χ0v) is 18.0. The van der Waals surface area contributed by atoms with Gasteiger partial charge in [0.2, 0.25) is 0 Å². The highest BCUT2D eigenvalue weighted by Gasteiger charge is 2.15. The minimum absolute atomic E-state index is 0.127. The van der Waals surface area contributed by atoms with Crippen molar-refractivity contribution in [3.8, 4) is 11.1 Å². The molecular formula is C26H25N5O2. The number of primary amides is 1. The molecule has 3 aromatic carbocycles. The molecule has 0 unspecified atom stereocenters. The van der Waals surface area contributed by atoms with Crippen LogP contribution < -0.4 is 22.1 Å². The molecule has 0 spiro atoms. The van der Waals surface area contributed by atoms with E-state index < -0.39 is 5.91 Å². The van der Waals surface area contributed by atoms with Gasteiger partial charge in [0.25, 0.3) is 11.8 Å². The third-order valence-corrected chi connectivity index (χ3v) is 5.32. The first-order valence-electron chi connectivity index (χ1n) is 10.7. The molecule has 0 aliphatic carbocycles. The summed E-state index contributed by atoms with van der Waals surface area (Å²) < 4.78 is 0. The van der Waals surface area contributed by atoms with E-state index in [1.165, 1.54) is 6.20 Å². The van der Waals surface area contributed by atoms with Gasteiger partial charge in [-0.25, -0.2) is 0 Å². The third kappa shape index (κ3) is 4.99. The van der Waals surface area contributed by atoms with Crippen LogP contribution in [0.1, 0.15) is 27.1 Å². The number of hydrogen-bond acceptors (Lipinski definition) is 5. The van der Waals surface area contributed by atoms with Crippen molar-refractivity contribution < 1.29 is 9.59 Å². The molecule has 0 atom stereocenters. The molecule has 0 bridgehead atoms. The summed E-state index contributed by atoms with van der Waals surface area (Å²) in [7, 11) is 0. The normalized spacial score (nSPS) is 10.7. The largest absolute Gasteiger partial charge is 0.365 e. The van der Waals surface area contributed by atoms with Gasteiger partial charge in [0.1, 0.15) is 0 Å². The van der Waals surface area contributed by atoms with Crippen molar-refractivity contribution in [2.75, 3.05) is 18.4 Å². The Morgan fingerprint density at radius 3 is 2.33 bits per heavy atom. The lowest BCUT2D eigenvalue weighted by Crippen LogP contribution is -2.25. The number of pyridine rings is 1. The molecular weight excluding hydrogens is 414 g/mol. The van der Waals surface area contributed by atoms with Crippen LogP contribution in [-0.2, 0) is 0 Å². The van der Waals surface area contributed by atoms with Gasteiger partial charge >= 0.3 is 0 Å². The molecule has 4 aromatic rings. The zero-order valence-electron chi connectivity index (χ0n) is 18.0. The van der Waals surface area contributed by atoms with Crippen LogP contribution in [0.5, 0.6) is 0 Å². The predicted molar refractivity (Wildman–Crippen MR) is 131 cm³/mol. The van der Waals surface area contributed by atoms with E-state index in [1.807, 2.05) is 60.7 Å². The monoisotopic (exact) mass is 439 g/mol. The molecule has 0 aliphatic heterocycles. The van der Waals surface area contributed by atoms with Gasteiger partial charge in [0, 0.05) is 29.4 Å². The van der Waals surface area contributed by atoms with Crippen LogP contribution in [0.2, 0.25) is 0 Å². The van der Waals surface area contributed by atoms with Crippen LogP contribution in [0.4, 0.5) is 11.4 Å². The highest BCUT2D eigenvalue weighted by Crippen LogP contribution is 2.32. The number of carbonyl (C=O) groups excluding carboxylic acids is 2. The van der Waals surface area contributed by atoms with E-state index in [-0.39, 0.29) is 5.91 Å². The molecule has 166 valence electrons. The van der Waals surface area contributed by atoms with Gasteiger partial charge in [-0.3, -0.25) is 14.6 Å². The lowest BCUT2D eigenvalue weighted by molar-refractivity contribution is 0.0952. The van der Waals surface area contributed by atoms with Crippen LogP contribution in [0.25, 0.3) is 22.0 Å². The number of nitrogens with zero attached hydrogens (tertiary/aromatic N) is 1. The minimum Gasteiger partial charge on any atom is -0.365 e. The summed E-state index contributed by atoms with van der Waals surface area (Å²) in [6.45, 7) is 1.09. The first-order valence-corrected chi connectivity index (χ1v) is 10.7. The average Bonchev–Trinajstić information content (AvgIpc) is 2.84. The van der Waals surface area contributed by atoms with E-state index in [2.05, 4.69) is 15.6 Å². The topological polar surface area (TPSA) is 123 Å². The van der Waals surface area contributed by atoms with Crippen molar-refractivity contribution in [2.24, 2.45) is 11.5 Å². The maximum Gasteiger partial charge on any atom is 0.252 e. The van der Waals surface area contributed by atoms with Crippen molar-refractivity contribution in [3.05, 3.63) is 90.1 Å². The summed E-state index contributed by atoms with van der Waals surface area (Å²) in [6.07, 6.45) is 2.23. The summed E-state index contributed by atoms with van der Waals surface area (Å²) in [5.41, 5.74) is 16.0.